The fraction of sp³-hybridized carbons (Fsp3) is 0.419. The first kappa shape index (κ1) is 60.4. The van der Waals surface area contributed by atoms with E-state index in [1.54, 1.807) is 29.2 Å². The number of amides is 4. The Morgan fingerprint density at radius 3 is 1.54 bits per heavy atom. The molecule has 23 heteroatoms. The molecule has 0 unspecified atom stereocenters. The van der Waals surface area contributed by atoms with Crippen molar-refractivity contribution in [2.75, 3.05) is 18.4 Å². The van der Waals surface area contributed by atoms with Gasteiger partial charge in [0.05, 0.1) is 39.6 Å². The highest BCUT2D eigenvalue weighted by Gasteiger charge is 2.62. The monoisotopic (exact) mass is 1190 g/mol. The molecule has 2 aliphatic carbocycles. The van der Waals surface area contributed by atoms with E-state index in [2.05, 4.69) is 25.9 Å². The van der Waals surface area contributed by atoms with Crippen molar-refractivity contribution in [3.8, 4) is 10.4 Å². The van der Waals surface area contributed by atoms with E-state index in [1.807, 2.05) is 109 Å². The molecule has 9 N–H and O–H groups in total. The van der Waals surface area contributed by atoms with Crippen molar-refractivity contribution in [1.29, 1.82) is 0 Å². The number of nitrogens with zero attached hydrogens (tertiary/aromatic N) is 4. The molecule has 20 nitrogen and oxygen atoms in total. The summed E-state index contributed by atoms with van der Waals surface area (Å²) in [4.78, 5) is 91.0. The summed E-state index contributed by atoms with van der Waals surface area (Å²) >= 11 is 2.83. The third-order valence-corrected chi connectivity index (χ3v) is 18.4. The Morgan fingerprint density at radius 2 is 1.07 bits per heavy atom. The van der Waals surface area contributed by atoms with Crippen LogP contribution in [0.4, 0.5) is 5.69 Å². The Kier molecular flexibility index (Phi) is 19.3. The van der Waals surface area contributed by atoms with E-state index < -0.39 is 78.3 Å². The molecule has 2 saturated heterocycles. The average molecular weight is 1200 g/mol. The van der Waals surface area contributed by atoms with Crippen LogP contribution in [0, 0.1) is 11.8 Å². The molecule has 4 amide bonds. The van der Waals surface area contributed by atoms with E-state index in [0.29, 0.717) is 41.5 Å². The lowest BCUT2D eigenvalue weighted by atomic mass is 9.81. The number of aliphatic carboxylic acids is 2. The number of nitrogens with one attached hydrogen (secondary N) is 3. The highest BCUT2D eigenvalue weighted by molar-refractivity contribution is 7.20. The maximum Gasteiger partial charge on any atom is 0.488 e. The number of nitrogens with two attached hydrogens (primary N) is 1. The van der Waals surface area contributed by atoms with Crippen LogP contribution in [0.2, 0.25) is 0 Å². The van der Waals surface area contributed by atoms with Crippen LogP contribution < -0.4 is 36.6 Å². The fourth-order valence-electron chi connectivity index (χ4n) is 11.6. The van der Waals surface area contributed by atoms with Crippen LogP contribution in [0.15, 0.2) is 133 Å². The molecule has 6 heterocycles. The Hall–Kier alpha value is -7.70. The normalized spacial score (nSPS) is 28.6. The van der Waals surface area contributed by atoms with E-state index in [1.165, 1.54) is 27.6 Å². The molecule has 4 aliphatic heterocycles. The number of anilines is 1. The van der Waals surface area contributed by atoms with Gasteiger partial charge in [-0.05, 0) is 93.2 Å². The lowest BCUT2D eigenvalue weighted by Gasteiger charge is -2.30. The maximum absolute atomic E-state index is 14.1. The van der Waals surface area contributed by atoms with Crippen molar-refractivity contribution < 1.29 is 58.5 Å². The molecule has 6 aromatic rings. The summed E-state index contributed by atoms with van der Waals surface area (Å²) in [5.41, 5.74) is 6.59. The van der Waals surface area contributed by atoms with E-state index in [-0.39, 0.29) is 49.6 Å². The second-order valence-corrected chi connectivity index (χ2v) is 24.6. The molecular weight excluding hydrogens is 1120 g/mol. The topological polar surface area (TPSA) is 296 Å². The number of benzene rings is 4. The quantitative estimate of drug-likeness (QED) is 0.0572. The minimum atomic E-state index is -1.34. The van der Waals surface area contributed by atoms with Gasteiger partial charge in [0.2, 0.25) is 23.6 Å². The summed E-state index contributed by atoms with van der Waals surface area (Å²) in [5.74, 6) is -4.04. The maximum atomic E-state index is 14.1. The second-order valence-electron chi connectivity index (χ2n) is 22.6. The predicted octanol–water partition coefficient (Wildman–Crippen LogP) is 6.42. The van der Waals surface area contributed by atoms with Crippen LogP contribution in [0.25, 0.3) is 20.4 Å². The molecule has 0 spiro atoms. The highest BCUT2D eigenvalue weighted by atomic mass is 32.1. The summed E-state index contributed by atoms with van der Waals surface area (Å²) in [5, 5.41) is 47.0. The van der Waals surface area contributed by atoms with Crippen molar-refractivity contribution in [3.05, 3.63) is 133 Å². The Bertz CT molecular complexity index is 3340. The van der Waals surface area contributed by atoms with Gasteiger partial charge in [-0.1, -0.05) is 145 Å². The van der Waals surface area contributed by atoms with Gasteiger partial charge in [0.15, 0.2) is 0 Å². The molecule has 2 saturated carbocycles. The number of carboxylic acids is 2. The Morgan fingerprint density at radius 1 is 0.612 bits per heavy atom. The molecule has 85 heavy (non-hydrogen) atoms. The van der Waals surface area contributed by atoms with Gasteiger partial charge in [-0.25, -0.2) is 19.6 Å². The molecule has 10 atom stereocenters. The van der Waals surface area contributed by atoms with Crippen molar-refractivity contribution in [2.45, 2.75) is 137 Å². The predicted molar refractivity (Wildman–Crippen MR) is 324 cm³/mol. The minimum Gasteiger partial charge on any atom is -0.479 e. The number of aromatic nitrogens is 2. The molecule has 0 radical (unpaired) electrons. The van der Waals surface area contributed by atoms with Crippen LogP contribution in [0.3, 0.4) is 0 Å². The number of para-hydroxylation sites is 3. The van der Waals surface area contributed by atoms with Gasteiger partial charge in [0.1, 0.15) is 41.4 Å². The second kappa shape index (κ2) is 27.1. The first-order valence-electron chi connectivity index (χ1n) is 29.2. The number of hydrogen-bond donors (Lipinski definition) is 8. The van der Waals surface area contributed by atoms with Gasteiger partial charge in [-0.15, -0.1) is 0 Å². The zero-order valence-corrected chi connectivity index (χ0v) is 48.6. The minimum absolute atomic E-state index is 0.186. The van der Waals surface area contributed by atoms with Crippen LogP contribution in [0.1, 0.15) is 89.9 Å². The van der Waals surface area contributed by atoms with E-state index in [0.717, 1.165) is 77.5 Å². The van der Waals surface area contributed by atoms with Gasteiger partial charge in [0, 0.05) is 30.4 Å². The Balaban J connectivity index is 0.000000166. The molecule has 0 bridgehead atoms. The van der Waals surface area contributed by atoms with Crippen molar-refractivity contribution in [1.82, 2.24) is 30.4 Å². The number of carboxylic acid groups (broad SMARTS) is 2. The summed E-state index contributed by atoms with van der Waals surface area (Å²) in [6.07, 6.45) is 16.4. The van der Waals surface area contributed by atoms with Crippen LogP contribution in [0.5, 0.6) is 10.4 Å². The SMILES string of the molecule is N[C@H]1CCCCC/C=C\[C@@H]2C[C@@]2(C(=O)O)NC(=O)[C@@H]2C[C@@H](Oc3nc4ccccc4s3)CN2C1=O.O=C1N[C@]2(C(=O)O)C[C@H]2/C=C\CCCCC[C@H](Nc2ccccc2)C(=O)N2C[C@H](Oc3nc4ccccc4s3)C[C@@H]12.OB(O)c1ccccc1. The van der Waals surface area contributed by atoms with E-state index in [4.69, 9.17) is 25.3 Å². The van der Waals surface area contributed by atoms with Gasteiger partial charge in [0.25, 0.3) is 10.4 Å². The van der Waals surface area contributed by atoms with Crippen LogP contribution in [-0.2, 0) is 28.8 Å². The van der Waals surface area contributed by atoms with E-state index in [9.17, 15) is 39.0 Å². The highest BCUT2D eigenvalue weighted by Crippen LogP contribution is 2.47. The van der Waals surface area contributed by atoms with Crippen molar-refractivity contribution in [2.24, 2.45) is 17.6 Å². The number of fused-ring (bicyclic) bond motifs is 6. The van der Waals surface area contributed by atoms with Crippen molar-refractivity contribution >= 4 is 96.9 Å². The summed E-state index contributed by atoms with van der Waals surface area (Å²) in [6.45, 7) is 0.410. The van der Waals surface area contributed by atoms with E-state index >= 15 is 0 Å². The third kappa shape index (κ3) is 14.5. The number of ether oxygens (including phenoxy) is 2. The molecule has 4 aromatic carbocycles. The van der Waals surface area contributed by atoms with Crippen LogP contribution >= 0.6 is 22.7 Å². The third-order valence-electron chi connectivity index (χ3n) is 16.6. The molecule has 4 fully saturated rings. The number of carbonyl (C=O) groups excluding carboxylic acids is 4. The van der Waals surface area contributed by atoms with Gasteiger partial charge in [-0.3, -0.25) is 19.2 Å². The fourth-order valence-corrected chi connectivity index (χ4v) is 13.4. The molecule has 2 aromatic heterocycles. The average Bonchev–Trinajstić information content (AvgIpc) is 1.75. The lowest BCUT2D eigenvalue weighted by Crippen LogP contribution is -2.55. The summed E-state index contributed by atoms with van der Waals surface area (Å²) < 4.78 is 14.3. The first-order chi connectivity index (χ1) is 41.1. The number of allylic oxidation sites excluding steroid dienone is 2. The zero-order chi connectivity index (χ0) is 59.7. The van der Waals surface area contributed by atoms with Gasteiger partial charge in [-0.2, -0.15) is 0 Å². The molecular formula is C62H71BN8O12S2. The first-order valence-corrected chi connectivity index (χ1v) is 30.8. The smallest absolute Gasteiger partial charge is 0.479 e. The molecule has 12 rings (SSSR count). The molecule has 6 aliphatic rings. The summed E-state index contributed by atoms with van der Waals surface area (Å²) in [7, 11) is -1.34. The molecule has 446 valence electrons. The number of carbonyl (C=O) groups is 6. The van der Waals surface area contributed by atoms with Crippen molar-refractivity contribution in [3.63, 3.8) is 0 Å². The summed E-state index contributed by atoms with van der Waals surface area (Å²) in [6, 6.07) is 30.7. The number of thiazole rings is 2. The number of hydrogen-bond acceptors (Lipinski definition) is 16. The zero-order valence-electron chi connectivity index (χ0n) is 46.9. The number of rotatable bonds is 9. The largest absolute Gasteiger partial charge is 0.488 e. The van der Waals surface area contributed by atoms with Gasteiger partial charge >= 0.3 is 19.1 Å². The lowest BCUT2D eigenvalue weighted by molar-refractivity contribution is -0.146. The van der Waals surface area contributed by atoms with Gasteiger partial charge < -0.3 is 61.2 Å². The standard InChI is InChI=1S/C31H34N4O5S.C25H30N4O5S.C6H7BO2/c36-27-25-17-22(40-30-33-23-14-9-10-16-26(23)41-30)19-35(25)28(37)24(32-21-12-6-4-7-13-21)15-8-3-1-2-5-11-20-18-31(20,34-27)29(38)39;26-17-9-5-3-1-2-4-8-15-13-25(15,23(32)33)28-21(30)19-12-16(14-29(19)22(17)31)34-24-27-18-10-6-7-11-20(18)35-24;8-7(9)6-4-2-1-3-5-6/h4-7,9-14,16,20,22,24-25,32H,1-3,8,15,17-19H2,(H,34,36)(H,38,39);4,6-8,10-11,15-17,19H,1-3,5,9,12-14,26H2,(H,28,30)(H,32,33);1-5,8-9H/b11-5-;8-4-;/t20-,22-,24+,25+,31-;15-,16-,17+,19+,25-;/m11./s1. The van der Waals surface area contributed by atoms with Crippen LogP contribution in [-0.4, -0.2) is 143 Å². The Labute approximate surface area is 500 Å².